The van der Waals surface area contributed by atoms with Crippen LogP contribution in [0.2, 0.25) is 0 Å². The van der Waals surface area contributed by atoms with Crippen LogP contribution in [0.4, 0.5) is 4.79 Å². The van der Waals surface area contributed by atoms with E-state index in [1.54, 1.807) is 46.8 Å². The van der Waals surface area contributed by atoms with Crippen molar-refractivity contribution in [2.45, 2.75) is 77.0 Å². The highest BCUT2D eigenvalue weighted by Crippen LogP contribution is 2.21. The summed E-state index contributed by atoms with van der Waals surface area (Å²) in [6.07, 6.45) is 0.473. The number of amides is 1. The zero-order chi connectivity index (χ0) is 24.7. The minimum atomic E-state index is -3.87. The fourth-order valence-electron chi connectivity index (χ4n) is 3.27. The average molecular weight is 469 g/mol. The number of alkyl carbamates (subject to hydrolysis) is 1. The van der Waals surface area contributed by atoms with Gasteiger partial charge >= 0.3 is 6.09 Å². The molecule has 0 saturated carbocycles. The number of aliphatic hydroxyl groups is 1. The summed E-state index contributed by atoms with van der Waals surface area (Å²) in [6.45, 7) is 14.3. The lowest BCUT2D eigenvalue weighted by molar-refractivity contribution is 0.0449. The van der Waals surface area contributed by atoms with Crippen LogP contribution in [-0.2, 0) is 14.8 Å². The number of aliphatic hydroxyl groups excluding tert-OH is 1. The number of guanidine groups is 1. The SMILES string of the molecule is C=C[C@@H](O)[C@H](CCCN=C(N)NS(=O)(=O)c1c(C)cc(C)cc1C)NC(=O)OC(C)(C)C. The van der Waals surface area contributed by atoms with E-state index in [-0.39, 0.29) is 17.4 Å². The Morgan fingerprint density at radius 1 is 1.28 bits per heavy atom. The fourth-order valence-corrected chi connectivity index (χ4v) is 4.68. The van der Waals surface area contributed by atoms with Crippen LogP contribution in [0.5, 0.6) is 0 Å². The highest BCUT2D eigenvalue weighted by Gasteiger charge is 2.23. The molecule has 0 saturated heterocycles. The number of hydrogen-bond acceptors (Lipinski definition) is 6. The van der Waals surface area contributed by atoms with Crippen molar-refractivity contribution in [2.75, 3.05) is 6.54 Å². The first-order valence-electron chi connectivity index (χ1n) is 10.4. The molecular formula is C22H36N4O5S. The van der Waals surface area contributed by atoms with Gasteiger partial charge in [0.15, 0.2) is 0 Å². The first-order valence-corrected chi connectivity index (χ1v) is 11.9. The molecule has 9 nitrogen and oxygen atoms in total. The Balaban J connectivity index is 2.74. The summed E-state index contributed by atoms with van der Waals surface area (Å²) in [6, 6.07) is 2.95. The molecular weight excluding hydrogens is 432 g/mol. The van der Waals surface area contributed by atoms with E-state index >= 15 is 0 Å². The molecule has 0 radical (unpaired) electrons. The minimum Gasteiger partial charge on any atom is -0.444 e. The lowest BCUT2D eigenvalue weighted by Gasteiger charge is -2.25. The van der Waals surface area contributed by atoms with Gasteiger partial charge in [-0.1, -0.05) is 23.8 Å². The molecule has 32 heavy (non-hydrogen) atoms. The molecule has 0 aliphatic heterocycles. The average Bonchev–Trinajstić information content (AvgIpc) is 2.60. The van der Waals surface area contributed by atoms with Crippen LogP contribution < -0.4 is 15.8 Å². The van der Waals surface area contributed by atoms with E-state index in [0.29, 0.717) is 24.0 Å². The van der Waals surface area contributed by atoms with Crippen molar-refractivity contribution >= 4 is 22.1 Å². The Morgan fingerprint density at radius 2 is 1.84 bits per heavy atom. The molecule has 0 spiro atoms. The topological polar surface area (TPSA) is 143 Å². The van der Waals surface area contributed by atoms with Crippen LogP contribution in [0.25, 0.3) is 0 Å². The highest BCUT2D eigenvalue weighted by atomic mass is 32.2. The maximum absolute atomic E-state index is 12.7. The summed E-state index contributed by atoms with van der Waals surface area (Å²) in [4.78, 5) is 16.2. The summed E-state index contributed by atoms with van der Waals surface area (Å²) in [5, 5.41) is 12.7. The predicted octanol–water partition coefficient (Wildman–Crippen LogP) is 2.43. The Morgan fingerprint density at radius 3 is 2.34 bits per heavy atom. The fraction of sp³-hybridized carbons (Fsp3) is 0.545. The summed E-state index contributed by atoms with van der Waals surface area (Å²) in [5.41, 5.74) is 7.33. The van der Waals surface area contributed by atoms with Crippen molar-refractivity contribution in [3.8, 4) is 0 Å². The van der Waals surface area contributed by atoms with Gasteiger partial charge in [0.1, 0.15) is 5.60 Å². The number of carbonyl (C=O) groups is 1. The van der Waals surface area contributed by atoms with Crippen molar-refractivity contribution < 1.29 is 23.1 Å². The van der Waals surface area contributed by atoms with Gasteiger partial charge in [0.2, 0.25) is 5.96 Å². The van der Waals surface area contributed by atoms with Crippen molar-refractivity contribution in [3.63, 3.8) is 0 Å². The Bertz CT molecular complexity index is 929. The molecule has 0 bridgehead atoms. The van der Waals surface area contributed by atoms with Gasteiger partial charge in [-0.2, -0.15) is 0 Å². The Hall–Kier alpha value is -2.59. The number of sulfonamides is 1. The number of nitrogens with two attached hydrogens (primary N) is 1. The third-order valence-electron chi connectivity index (χ3n) is 4.42. The van der Waals surface area contributed by atoms with Gasteiger partial charge < -0.3 is 20.9 Å². The minimum absolute atomic E-state index is 0.178. The Kier molecular flexibility index (Phi) is 9.71. The normalized spacial score (nSPS) is 14.4. The van der Waals surface area contributed by atoms with Gasteiger partial charge in [0.25, 0.3) is 10.0 Å². The van der Waals surface area contributed by atoms with E-state index in [2.05, 4.69) is 21.6 Å². The summed E-state index contributed by atoms with van der Waals surface area (Å²) in [5.74, 6) is -0.231. The van der Waals surface area contributed by atoms with E-state index in [1.165, 1.54) is 6.08 Å². The zero-order valence-corrected chi connectivity index (χ0v) is 20.5. The van der Waals surface area contributed by atoms with Gasteiger partial charge in [0, 0.05) is 6.54 Å². The number of rotatable bonds is 9. The van der Waals surface area contributed by atoms with Gasteiger partial charge in [-0.15, -0.1) is 6.58 Å². The Labute approximate surface area is 191 Å². The molecule has 180 valence electrons. The number of nitrogens with zero attached hydrogens (tertiary/aromatic N) is 1. The van der Waals surface area contributed by atoms with E-state index in [0.717, 1.165) is 5.56 Å². The quantitative estimate of drug-likeness (QED) is 0.190. The second-order valence-electron chi connectivity index (χ2n) is 8.72. The molecule has 10 heteroatoms. The molecule has 1 aromatic carbocycles. The molecule has 0 aliphatic rings. The van der Waals surface area contributed by atoms with E-state index in [1.807, 2.05) is 6.92 Å². The van der Waals surface area contributed by atoms with Crippen LogP contribution in [0.1, 0.15) is 50.3 Å². The first kappa shape index (κ1) is 27.4. The van der Waals surface area contributed by atoms with Gasteiger partial charge in [-0.3, -0.25) is 4.99 Å². The molecule has 0 aromatic heterocycles. The monoisotopic (exact) mass is 468 g/mol. The van der Waals surface area contributed by atoms with Gasteiger partial charge in [0.05, 0.1) is 17.0 Å². The molecule has 1 amide bonds. The molecule has 2 atom stereocenters. The molecule has 0 heterocycles. The lowest BCUT2D eigenvalue weighted by Crippen LogP contribution is -2.45. The van der Waals surface area contributed by atoms with Gasteiger partial charge in [-0.05, 0) is 65.5 Å². The standard InChI is InChI=1S/C22H36N4O5S/c1-8-18(27)17(25-21(28)31-22(5,6)7)10-9-11-24-20(23)26-32(29,30)19-15(3)12-14(2)13-16(19)4/h8,12-13,17-18,27H,1,9-11H2,2-7H3,(H,25,28)(H3,23,24,26)/t17-,18+/m0/s1. The van der Waals surface area contributed by atoms with E-state index < -0.39 is 33.9 Å². The van der Waals surface area contributed by atoms with E-state index in [4.69, 9.17) is 10.5 Å². The number of hydrogen-bond donors (Lipinski definition) is 4. The van der Waals surface area contributed by atoms with Crippen LogP contribution in [-0.4, -0.2) is 49.9 Å². The van der Waals surface area contributed by atoms with Crippen LogP contribution in [0, 0.1) is 20.8 Å². The largest absolute Gasteiger partial charge is 0.444 e. The molecule has 1 rings (SSSR count). The second kappa shape index (κ2) is 11.3. The lowest BCUT2D eigenvalue weighted by atomic mass is 10.1. The molecule has 5 N–H and O–H groups in total. The highest BCUT2D eigenvalue weighted by molar-refractivity contribution is 7.90. The number of aliphatic imine (C=N–C) groups is 1. The zero-order valence-electron chi connectivity index (χ0n) is 19.7. The molecule has 1 aromatic rings. The smallest absolute Gasteiger partial charge is 0.407 e. The number of nitrogens with one attached hydrogen (secondary N) is 2. The summed E-state index contributed by atoms with van der Waals surface area (Å²) >= 11 is 0. The van der Waals surface area contributed by atoms with Crippen molar-refractivity contribution in [1.29, 1.82) is 0 Å². The number of benzene rings is 1. The number of aryl methyl sites for hydroxylation is 3. The maximum atomic E-state index is 12.7. The molecule has 0 aliphatic carbocycles. The van der Waals surface area contributed by atoms with Crippen LogP contribution >= 0.6 is 0 Å². The van der Waals surface area contributed by atoms with Gasteiger partial charge in [-0.25, -0.2) is 17.9 Å². The number of carbonyl (C=O) groups excluding carboxylic acids is 1. The summed E-state index contributed by atoms with van der Waals surface area (Å²) in [7, 11) is -3.87. The summed E-state index contributed by atoms with van der Waals surface area (Å²) < 4.78 is 33.0. The molecule has 0 unspecified atom stereocenters. The third kappa shape index (κ3) is 8.88. The first-order chi connectivity index (χ1) is 14.7. The predicted molar refractivity (Wildman–Crippen MR) is 126 cm³/mol. The van der Waals surface area contributed by atoms with Crippen molar-refractivity contribution in [1.82, 2.24) is 10.0 Å². The maximum Gasteiger partial charge on any atom is 0.407 e. The van der Waals surface area contributed by atoms with Crippen molar-refractivity contribution in [2.24, 2.45) is 10.7 Å². The molecule has 0 fully saturated rings. The number of ether oxygens (including phenoxy) is 1. The second-order valence-corrected chi connectivity index (χ2v) is 10.3. The van der Waals surface area contributed by atoms with Crippen LogP contribution in [0.3, 0.4) is 0 Å². The van der Waals surface area contributed by atoms with Crippen molar-refractivity contribution in [3.05, 3.63) is 41.5 Å². The third-order valence-corrected chi connectivity index (χ3v) is 6.08. The van der Waals surface area contributed by atoms with E-state index in [9.17, 15) is 18.3 Å². The van der Waals surface area contributed by atoms with Crippen LogP contribution in [0.15, 0.2) is 34.7 Å².